The van der Waals surface area contributed by atoms with Gasteiger partial charge in [0.25, 0.3) is 0 Å². The third-order valence-corrected chi connectivity index (χ3v) is 1.49. The van der Waals surface area contributed by atoms with Gasteiger partial charge in [-0.3, -0.25) is 10.1 Å². The molecule has 1 aromatic rings. The van der Waals surface area contributed by atoms with Crippen LogP contribution in [0.15, 0.2) is 23.4 Å². The van der Waals surface area contributed by atoms with E-state index in [-0.39, 0.29) is 17.1 Å². The molecule has 0 amide bonds. The molecule has 0 fully saturated rings. The molecule has 0 spiro atoms. The summed E-state index contributed by atoms with van der Waals surface area (Å²) in [5, 5.41) is 12.9. The molecule has 0 aliphatic rings. The molecular weight excluding hydrogens is 176 g/mol. The fraction of sp³-hybridized carbons (Fsp3) is 0.143. The molecule has 0 atom stereocenters. The summed E-state index contributed by atoms with van der Waals surface area (Å²) < 4.78 is 4.73. The van der Waals surface area contributed by atoms with Gasteiger partial charge in [-0.15, -0.1) is 4.91 Å². The van der Waals surface area contributed by atoms with Gasteiger partial charge in [-0.05, 0) is 11.2 Å². The number of methoxy groups -OCH3 is 1. The molecule has 1 rings (SSSR count). The van der Waals surface area contributed by atoms with E-state index in [2.05, 4.69) is 5.18 Å². The number of hydrogen-bond donors (Lipinski definition) is 0. The van der Waals surface area contributed by atoms with Gasteiger partial charge in [0.15, 0.2) is 5.75 Å². The molecule has 68 valence electrons. The van der Waals surface area contributed by atoms with Gasteiger partial charge >= 0.3 is 5.69 Å². The van der Waals surface area contributed by atoms with Crippen molar-refractivity contribution in [3.8, 4) is 5.75 Å². The van der Waals surface area contributed by atoms with Crippen LogP contribution in [0, 0.1) is 15.0 Å². The van der Waals surface area contributed by atoms with Crippen molar-refractivity contribution in [2.45, 2.75) is 0 Å². The summed E-state index contributed by atoms with van der Waals surface area (Å²) >= 11 is 0. The standard InChI is InChI=1S/C7H6N2O4/c1-13-6-4-2-3-5(9(11)12)7(6)8-10/h2-4H,1H3. The predicted molar refractivity (Wildman–Crippen MR) is 45.1 cm³/mol. The fourth-order valence-corrected chi connectivity index (χ4v) is 0.915. The first-order chi connectivity index (χ1) is 6.20. The van der Waals surface area contributed by atoms with Gasteiger partial charge < -0.3 is 4.74 Å². The van der Waals surface area contributed by atoms with Crippen molar-refractivity contribution < 1.29 is 9.66 Å². The van der Waals surface area contributed by atoms with Crippen molar-refractivity contribution in [3.05, 3.63) is 33.2 Å². The number of hydrogen-bond acceptors (Lipinski definition) is 5. The van der Waals surface area contributed by atoms with Crippen molar-refractivity contribution in [3.63, 3.8) is 0 Å². The molecule has 1 aromatic carbocycles. The lowest BCUT2D eigenvalue weighted by Crippen LogP contribution is -1.90. The molecule has 0 saturated carbocycles. The van der Waals surface area contributed by atoms with Crippen LogP contribution in [0.5, 0.6) is 5.75 Å². The number of ether oxygens (including phenoxy) is 1. The maximum Gasteiger partial charge on any atom is 0.302 e. The van der Waals surface area contributed by atoms with E-state index in [4.69, 9.17) is 4.74 Å². The zero-order valence-corrected chi connectivity index (χ0v) is 6.76. The van der Waals surface area contributed by atoms with Crippen LogP contribution in [0.4, 0.5) is 11.4 Å². The zero-order valence-electron chi connectivity index (χ0n) is 6.76. The molecule has 0 aromatic heterocycles. The largest absolute Gasteiger partial charge is 0.494 e. The lowest BCUT2D eigenvalue weighted by molar-refractivity contribution is -0.384. The summed E-state index contributed by atoms with van der Waals surface area (Å²) in [6.45, 7) is 0. The first-order valence-corrected chi connectivity index (χ1v) is 3.35. The topological polar surface area (TPSA) is 81.8 Å². The van der Waals surface area contributed by atoms with Gasteiger partial charge in [0.05, 0.1) is 12.0 Å². The Labute approximate surface area is 73.3 Å². The molecule has 0 aliphatic carbocycles. The molecule has 0 N–H and O–H groups in total. The zero-order chi connectivity index (χ0) is 9.84. The molecule has 13 heavy (non-hydrogen) atoms. The molecule has 0 unspecified atom stereocenters. The first-order valence-electron chi connectivity index (χ1n) is 3.35. The summed E-state index contributed by atoms with van der Waals surface area (Å²) in [7, 11) is 1.31. The average Bonchev–Trinajstić information content (AvgIpc) is 2.16. The Kier molecular flexibility index (Phi) is 2.53. The maximum atomic E-state index is 10.4. The van der Waals surface area contributed by atoms with Gasteiger partial charge in [0, 0.05) is 6.07 Å². The van der Waals surface area contributed by atoms with E-state index in [1.807, 2.05) is 0 Å². The minimum atomic E-state index is -0.681. The summed E-state index contributed by atoms with van der Waals surface area (Å²) in [6.07, 6.45) is 0. The molecule has 0 aliphatic heterocycles. The summed E-state index contributed by atoms with van der Waals surface area (Å²) in [4.78, 5) is 20.0. The maximum absolute atomic E-state index is 10.4. The van der Waals surface area contributed by atoms with Crippen LogP contribution in [-0.2, 0) is 0 Å². The van der Waals surface area contributed by atoms with Crippen molar-refractivity contribution in [1.82, 2.24) is 0 Å². The third kappa shape index (κ3) is 1.61. The Balaban J connectivity index is 3.35. The van der Waals surface area contributed by atoms with E-state index in [1.165, 1.54) is 25.3 Å². The first kappa shape index (κ1) is 9.11. The van der Waals surface area contributed by atoms with Crippen LogP contribution >= 0.6 is 0 Å². The van der Waals surface area contributed by atoms with E-state index in [0.717, 1.165) is 0 Å². The van der Waals surface area contributed by atoms with Crippen LogP contribution < -0.4 is 4.74 Å². The lowest BCUT2D eigenvalue weighted by Gasteiger charge is -2.00. The Hall–Kier alpha value is -1.98. The minimum Gasteiger partial charge on any atom is -0.494 e. The average molecular weight is 182 g/mol. The normalized spacial score (nSPS) is 9.31. The Bertz CT molecular complexity index is 350. The van der Waals surface area contributed by atoms with Gasteiger partial charge in [0.2, 0.25) is 5.69 Å². The second-order valence-corrected chi connectivity index (χ2v) is 2.18. The number of nitrogens with zero attached hydrogens (tertiary/aromatic N) is 2. The van der Waals surface area contributed by atoms with Crippen molar-refractivity contribution >= 4 is 11.4 Å². The predicted octanol–water partition coefficient (Wildman–Crippen LogP) is 2.00. The third-order valence-electron chi connectivity index (χ3n) is 1.49. The quantitative estimate of drug-likeness (QED) is 0.406. The van der Waals surface area contributed by atoms with Crippen molar-refractivity contribution in [2.75, 3.05) is 7.11 Å². The van der Waals surface area contributed by atoms with Gasteiger partial charge in [-0.1, -0.05) is 6.07 Å². The summed E-state index contributed by atoms with van der Waals surface area (Å²) in [6, 6.07) is 4.05. The summed E-state index contributed by atoms with van der Waals surface area (Å²) in [5.41, 5.74) is -0.635. The van der Waals surface area contributed by atoms with Gasteiger partial charge in [-0.2, -0.15) is 0 Å². The fourth-order valence-electron chi connectivity index (χ4n) is 0.915. The van der Waals surface area contributed by atoms with E-state index in [1.54, 1.807) is 0 Å². The molecule has 6 heteroatoms. The second kappa shape index (κ2) is 3.61. The number of rotatable bonds is 3. The highest BCUT2D eigenvalue weighted by molar-refractivity contribution is 5.65. The Morgan fingerprint density at radius 3 is 2.69 bits per heavy atom. The summed E-state index contributed by atoms with van der Waals surface area (Å²) in [5.74, 6) is 0.101. The van der Waals surface area contributed by atoms with E-state index in [9.17, 15) is 15.0 Å². The number of nitro benzene ring substituents is 1. The van der Waals surface area contributed by atoms with Crippen LogP contribution in [0.25, 0.3) is 0 Å². The second-order valence-electron chi connectivity index (χ2n) is 2.18. The van der Waals surface area contributed by atoms with E-state index in [0.29, 0.717) is 0 Å². The monoisotopic (exact) mass is 182 g/mol. The minimum absolute atomic E-state index is 0.101. The van der Waals surface area contributed by atoms with Crippen molar-refractivity contribution in [2.24, 2.45) is 5.18 Å². The molecule has 0 bridgehead atoms. The number of benzene rings is 1. The molecule has 6 nitrogen and oxygen atoms in total. The van der Waals surface area contributed by atoms with E-state index < -0.39 is 4.92 Å². The SMILES string of the molecule is COc1cccc([N+](=O)[O-])c1N=O. The van der Waals surface area contributed by atoms with Crippen LogP contribution in [0.3, 0.4) is 0 Å². The number of nitro groups is 1. The molecule has 0 heterocycles. The Morgan fingerprint density at radius 1 is 1.54 bits per heavy atom. The van der Waals surface area contributed by atoms with Crippen molar-refractivity contribution in [1.29, 1.82) is 0 Å². The van der Waals surface area contributed by atoms with Crippen LogP contribution in [-0.4, -0.2) is 12.0 Å². The Morgan fingerprint density at radius 2 is 2.23 bits per heavy atom. The highest BCUT2D eigenvalue weighted by atomic mass is 16.6. The van der Waals surface area contributed by atoms with E-state index >= 15 is 0 Å². The number of nitroso groups, excluding NO2 is 1. The lowest BCUT2D eigenvalue weighted by atomic mass is 10.2. The van der Waals surface area contributed by atoms with Gasteiger partial charge in [0.1, 0.15) is 0 Å². The van der Waals surface area contributed by atoms with Crippen LogP contribution in [0.1, 0.15) is 0 Å². The van der Waals surface area contributed by atoms with Crippen LogP contribution in [0.2, 0.25) is 0 Å². The highest BCUT2D eigenvalue weighted by Crippen LogP contribution is 2.36. The molecular formula is C7H6N2O4. The van der Waals surface area contributed by atoms with Gasteiger partial charge in [-0.25, -0.2) is 0 Å². The highest BCUT2D eigenvalue weighted by Gasteiger charge is 2.18. The smallest absolute Gasteiger partial charge is 0.302 e. The molecule has 0 radical (unpaired) electrons. The molecule has 0 saturated heterocycles.